The van der Waals surface area contributed by atoms with Crippen LogP contribution in [0.25, 0.3) is 11.1 Å². The van der Waals surface area contributed by atoms with E-state index >= 15 is 0 Å². The molecule has 1 N–H and O–H groups in total. The van der Waals surface area contributed by atoms with Crippen LogP contribution in [0, 0.1) is 0 Å². The molecule has 0 radical (unpaired) electrons. The van der Waals surface area contributed by atoms with Gasteiger partial charge in [-0.3, -0.25) is 0 Å². The van der Waals surface area contributed by atoms with Crippen molar-refractivity contribution in [1.29, 1.82) is 0 Å². The van der Waals surface area contributed by atoms with E-state index in [1.807, 2.05) is 19.2 Å². The summed E-state index contributed by atoms with van der Waals surface area (Å²) in [4.78, 5) is 0. The molecule has 3 heteroatoms. The predicted octanol–water partition coefficient (Wildman–Crippen LogP) is 3.58. The van der Waals surface area contributed by atoms with Crippen LogP contribution in [0.1, 0.15) is 23.6 Å². The molecule has 3 nitrogen and oxygen atoms in total. The number of hydrogen-bond acceptors (Lipinski definition) is 3. The van der Waals surface area contributed by atoms with Gasteiger partial charge >= 0.3 is 0 Å². The number of nitrogens with one attached hydrogen (secondary N) is 1. The van der Waals surface area contributed by atoms with Gasteiger partial charge in [-0.1, -0.05) is 30.3 Å². The van der Waals surface area contributed by atoms with Crippen molar-refractivity contribution in [3.05, 3.63) is 47.5 Å². The van der Waals surface area contributed by atoms with Crippen LogP contribution in [-0.4, -0.2) is 21.3 Å². The Balaban J connectivity index is 2.17. The Labute approximate surface area is 125 Å². The van der Waals surface area contributed by atoms with E-state index in [1.54, 1.807) is 14.2 Å². The number of benzene rings is 2. The molecule has 21 heavy (non-hydrogen) atoms. The molecule has 110 valence electrons. The topological polar surface area (TPSA) is 30.5 Å². The Hall–Kier alpha value is -2.00. The molecule has 0 aromatic heterocycles. The molecule has 0 amide bonds. The highest BCUT2D eigenvalue weighted by molar-refractivity contribution is 5.77. The van der Waals surface area contributed by atoms with Crippen molar-refractivity contribution >= 4 is 0 Å². The van der Waals surface area contributed by atoms with Crippen LogP contribution < -0.4 is 14.8 Å². The maximum Gasteiger partial charge on any atom is 0.168 e. The Bertz CT molecular complexity index is 652. The smallest absolute Gasteiger partial charge is 0.168 e. The van der Waals surface area contributed by atoms with E-state index in [0.717, 1.165) is 29.9 Å². The molecule has 1 unspecified atom stereocenters. The maximum absolute atomic E-state index is 5.59. The molecule has 1 aliphatic carbocycles. The molecule has 0 fully saturated rings. The highest BCUT2D eigenvalue weighted by Gasteiger charge is 2.25. The number of rotatable bonds is 4. The Morgan fingerprint density at radius 2 is 1.76 bits per heavy atom. The van der Waals surface area contributed by atoms with Crippen LogP contribution in [-0.2, 0) is 6.42 Å². The van der Waals surface area contributed by atoms with Gasteiger partial charge in [0.1, 0.15) is 0 Å². The second-order valence-corrected chi connectivity index (χ2v) is 5.29. The van der Waals surface area contributed by atoms with Gasteiger partial charge in [-0.2, -0.15) is 0 Å². The van der Waals surface area contributed by atoms with Crippen molar-refractivity contribution in [3.63, 3.8) is 0 Å². The van der Waals surface area contributed by atoms with Crippen molar-refractivity contribution in [1.82, 2.24) is 5.32 Å². The first-order valence-electron chi connectivity index (χ1n) is 7.30. The number of hydrogen-bond donors (Lipinski definition) is 1. The minimum absolute atomic E-state index is 0.455. The molecular formula is C18H21NO2. The second-order valence-electron chi connectivity index (χ2n) is 5.29. The average molecular weight is 283 g/mol. The average Bonchev–Trinajstić information content (AvgIpc) is 2.97. The molecule has 0 aliphatic heterocycles. The summed E-state index contributed by atoms with van der Waals surface area (Å²) < 4.78 is 11.0. The third-order valence-electron chi connectivity index (χ3n) is 4.31. The molecule has 0 saturated heterocycles. The summed E-state index contributed by atoms with van der Waals surface area (Å²) in [6.07, 6.45) is 2.24. The first kappa shape index (κ1) is 14.0. The molecule has 0 heterocycles. The molecule has 2 aromatic rings. The van der Waals surface area contributed by atoms with E-state index in [9.17, 15) is 0 Å². The normalized spacial score (nSPS) is 16.6. The van der Waals surface area contributed by atoms with E-state index in [2.05, 4.69) is 29.6 Å². The monoisotopic (exact) mass is 283 g/mol. The Morgan fingerprint density at radius 3 is 2.48 bits per heavy atom. The highest BCUT2D eigenvalue weighted by Crippen LogP contribution is 2.43. The summed E-state index contributed by atoms with van der Waals surface area (Å²) in [5, 5.41) is 3.39. The fraction of sp³-hybridized carbons (Fsp3) is 0.333. The molecule has 0 bridgehead atoms. The van der Waals surface area contributed by atoms with Crippen LogP contribution in [0.5, 0.6) is 11.5 Å². The van der Waals surface area contributed by atoms with Gasteiger partial charge in [-0.25, -0.2) is 0 Å². The second kappa shape index (κ2) is 5.78. The van der Waals surface area contributed by atoms with Gasteiger partial charge in [0, 0.05) is 11.6 Å². The first-order chi connectivity index (χ1) is 10.3. The molecule has 0 saturated carbocycles. The van der Waals surface area contributed by atoms with Crippen LogP contribution in [0.4, 0.5) is 0 Å². The quantitative estimate of drug-likeness (QED) is 0.930. The lowest BCUT2D eigenvalue weighted by Crippen LogP contribution is -2.12. The third-order valence-corrected chi connectivity index (χ3v) is 4.31. The van der Waals surface area contributed by atoms with Crippen molar-refractivity contribution < 1.29 is 9.47 Å². The molecule has 1 aliphatic rings. The van der Waals surface area contributed by atoms with Crippen LogP contribution in [0.2, 0.25) is 0 Å². The van der Waals surface area contributed by atoms with Gasteiger partial charge in [0.15, 0.2) is 11.5 Å². The Kier molecular flexibility index (Phi) is 3.84. The summed E-state index contributed by atoms with van der Waals surface area (Å²) >= 11 is 0. The summed E-state index contributed by atoms with van der Waals surface area (Å²) in [6, 6.07) is 13.0. The first-order valence-corrected chi connectivity index (χ1v) is 7.30. The van der Waals surface area contributed by atoms with E-state index < -0.39 is 0 Å². The molecule has 0 spiro atoms. The number of fused-ring (bicyclic) bond motifs is 1. The van der Waals surface area contributed by atoms with Gasteiger partial charge in [0.05, 0.1) is 14.2 Å². The van der Waals surface area contributed by atoms with Gasteiger partial charge in [-0.15, -0.1) is 0 Å². The molecule has 1 atom stereocenters. The lowest BCUT2D eigenvalue weighted by atomic mass is 9.95. The summed E-state index contributed by atoms with van der Waals surface area (Å²) in [5.41, 5.74) is 5.18. The summed E-state index contributed by atoms with van der Waals surface area (Å²) in [6.45, 7) is 0. The molecule has 3 rings (SSSR count). The minimum atomic E-state index is 0.455. The van der Waals surface area contributed by atoms with E-state index in [-0.39, 0.29) is 0 Å². The zero-order valence-corrected chi connectivity index (χ0v) is 12.8. The highest BCUT2D eigenvalue weighted by atomic mass is 16.5. The largest absolute Gasteiger partial charge is 0.493 e. The zero-order valence-electron chi connectivity index (χ0n) is 12.8. The van der Waals surface area contributed by atoms with E-state index in [0.29, 0.717) is 6.04 Å². The minimum Gasteiger partial charge on any atom is -0.493 e. The Morgan fingerprint density at radius 1 is 1.00 bits per heavy atom. The van der Waals surface area contributed by atoms with E-state index in [4.69, 9.17) is 9.47 Å². The molecular weight excluding hydrogens is 262 g/mol. The van der Waals surface area contributed by atoms with Crippen molar-refractivity contribution in [2.24, 2.45) is 0 Å². The van der Waals surface area contributed by atoms with Crippen LogP contribution >= 0.6 is 0 Å². The fourth-order valence-electron chi connectivity index (χ4n) is 3.31. The van der Waals surface area contributed by atoms with Gasteiger partial charge in [0.25, 0.3) is 0 Å². The molecule has 2 aromatic carbocycles. The van der Waals surface area contributed by atoms with Crippen molar-refractivity contribution in [3.8, 4) is 22.6 Å². The van der Waals surface area contributed by atoms with Gasteiger partial charge < -0.3 is 14.8 Å². The van der Waals surface area contributed by atoms with E-state index in [1.165, 1.54) is 16.7 Å². The summed E-state index contributed by atoms with van der Waals surface area (Å²) in [7, 11) is 5.40. The van der Waals surface area contributed by atoms with Crippen LogP contribution in [0.15, 0.2) is 36.4 Å². The van der Waals surface area contributed by atoms with Crippen LogP contribution in [0.3, 0.4) is 0 Å². The SMILES string of the molecule is CNC1CCc2c(-c3cccc(OC)c3OC)cccc21. The summed E-state index contributed by atoms with van der Waals surface area (Å²) in [5.74, 6) is 1.58. The van der Waals surface area contributed by atoms with Crippen molar-refractivity contribution in [2.75, 3.05) is 21.3 Å². The number of para-hydroxylation sites is 1. The van der Waals surface area contributed by atoms with Crippen molar-refractivity contribution in [2.45, 2.75) is 18.9 Å². The lowest BCUT2D eigenvalue weighted by molar-refractivity contribution is 0.356. The number of ether oxygens (including phenoxy) is 2. The maximum atomic E-state index is 5.59. The predicted molar refractivity (Wildman–Crippen MR) is 85.1 cm³/mol. The van der Waals surface area contributed by atoms with Gasteiger partial charge in [0.2, 0.25) is 0 Å². The fourth-order valence-corrected chi connectivity index (χ4v) is 3.31. The number of methoxy groups -OCH3 is 2. The standard InChI is InChI=1S/C18H21NO2/c1-19-16-11-10-13-12(6-4-7-14(13)16)15-8-5-9-17(20-2)18(15)21-3/h4-9,16,19H,10-11H2,1-3H3. The zero-order chi connectivity index (χ0) is 14.8. The lowest BCUT2D eigenvalue weighted by Gasteiger charge is -2.16. The van der Waals surface area contributed by atoms with Gasteiger partial charge in [-0.05, 0) is 42.6 Å². The third kappa shape index (κ3) is 2.28.